The van der Waals surface area contributed by atoms with Gasteiger partial charge in [-0.05, 0) is 61.1 Å². The number of benzene rings is 1. The summed E-state index contributed by atoms with van der Waals surface area (Å²) >= 11 is 0. The molecule has 0 saturated heterocycles. The quantitative estimate of drug-likeness (QED) is 0.827. The van der Waals surface area contributed by atoms with E-state index in [1.165, 1.54) is 12.8 Å². The van der Waals surface area contributed by atoms with Gasteiger partial charge in [0.1, 0.15) is 0 Å². The molecular formula is C19H23N3O. The molecule has 1 amide bonds. The van der Waals surface area contributed by atoms with Gasteiger partial charge in [0.05, 0.1) is 12.6 Å². The third-order valence-corrected chi connectivity index (χ3v) is 4.22. The zero-order valence-corrected chi connectivity index (χ0v) is 13.5. The van der Waals surface area contributed by atoms with Crippen molar-refractivity contribution >= 4 is 5.91 Å². The molecule has 2 aromatic rings. The summed E-state index contributed by atoms with van der Waals surface area (Å²) in [5.74, 6) is 0.845. The molecular weight excluding hydrogens is 286 g/mol. The van der Waals surface area contributed by atoms with Crippen molar-refractivity contribution in [2.75, 3.05) is 13.1 Å². The van der Waals surface area contributed by atoms with E-state index in [2.05, 4.69) is 39.9 Å². The number of hydrogen-bond acceptors (Lipinski definition) is 3. The summed E-state index contributed by atoms with van der Waals surface area (Å²) in [5, 5.41) is 6.25. The van der Waals surface area contributed by atoms with Gasteiger partial charge in [-0.15, -0.1) is 0 Å². The van der Waals surface area contributed by atoms with E-state index < -0.39 is 0 Å². The number of rotatable bonds is 7. The van der Waals surface area contributed by atoms with E-state index in [1.807, 2.05) is 19.1 Å². The van der Waals surface area contributed by atoms with Crippen molar-refractivity contribution in [1.29, 1.82) is 0 Å². The predicted octanol–water partition coefficient (Wildman–Crippen LogP) is 2.93. The maximum atomic E-state index is 11.9. The Morgan fingerprint density at radius 3 is 2.43 bits per heavy atom. The third kappa shape index (κ3) is 4.63. The van der Waals surface area contributed by atoms with Crippen LogP contribution in [0.4, 0.5) is 0 Å². The molecule has 0 radical (unpaired) electrons. The van der Waals surface area contributed by atoms with Crippen LogP contribution in [0.15, 0.2) is 48.8 Å². The van der Waals surface area contributed by atoms with E-state index >= 15 is 0 Å². The zero-order chi connectivity index (χ0) is 16.1. The molecule has 1 saturated carbocycles. The Balaban J connectivity index is 1.52. The van der Waals surface area contributed by atoms with Crippen LogP contribution in [0.1, 0.15) is 31.4 Å². The van der Waals surface area contributed by atoms with Crippen molar-refractivity contribution in [3.8, 4) is 11.1 Å². The number of carbonyl (C=O) groups is 1. The van der Waals surface area contributed by atoms with Crippen molar-refractivity contribution in [1.82, 2.24) is 15.6 Å². The van der Waals surface area contributed by atoms with Crippen LogP contribution >= 0.6 is 0 Å². The van der Waals surface area contributed by atoms with Crippen molar-refractivity contribution in [3.63, 3.8) is 0 Å². The Bertz CT molecular complexity index is 635. The summed E-state index contributed by atoms with van der Waals surface area (Å²) in [4.78, 5) is 16.0. The van der Waals surface area contributed by atoms with Gasteiger partial charge in [0.25, 0.3) is 0 Å². The van der Waals surface area contributed by atoms with Crippen LogP contribution in [-0.4, -0.2) is 24.0 Å². The molecule has 1 aromatic carbocycles. The Kier molecular flexibility index (Phi) is 5.03. The second kappa shape index (κ2) is 7.38. The van der Waals surface area contributed by atoms with E-state index in [0.29, 0.717) is 6.54 Å². The molecule has 4 heteroatoms. The average Bonchev–Trinajstić information content (AvgIpc) is 3.40. The first-order valence-electron chi connectivity index (χ1n) is 8.23. The van der Waals surface area contributed by atoms with Gasteiger partial charge in [-0.25, -0.2) is 0 Å². The lowest BCUT2D eigenvalue weighted by molar-refractivity contribution is -0.120. The van der Waals surface area contributed by atoms with E-state index in [-0.39, 0.29) is 11.9 Å². The van der Waals surface area contributed by atoms with Gasteiger partial charge in [0.2, 0.25) is 5.91 Å². The largest absolute Gasteiger partial charge is 0.348 e. The summed E-state index contributed by atoms with van der Waals surface area (Å²) in [5.41, 5.74) is 3.41. The Hall–Kier alpha value is -2.20. The van der Waals surface area contributed by atoms with Gasteiger partial charge in [0, 0.05) is 12.4 Å². The zero-order valence-electron chi connectivity index (χ0n) is 13.5. The van der Waals surface area contributed by atoms with E-state index in [1.54, 1.807) is 12.4 Å². The Morgan fingerprint density at radius 2 is 1.78 bits per heavy atom. The lowest BCUT2D eigenvalue weighted by Gasteiger charge is -2.15. The van der Waals surface area contributed by atoms with Gasteiger partial charge in [-0.1, -0.05) is 24.3 Å². The smallest absolute Gasteiger partial charge is 0.234 e. The molecule has 4 nitrogen and oxygen atoms in total. The van der Waals surface area contributed by atoms with Gasteiger partial charge < -0.3 is 10.6 Å². The third-order valence-electron chi connectivity index (χ3n) is 4.22. The normalized spacial score (nSPS) is 15.2. The SMILES string of the molecule is CC(NC(=O)CNCC1CC1)c1ccc(-c2ccncc2)cc1. The lowest BCUT2D eigenvalue weighted by Crippen LogP contribution is -2.36. The molecule has 23 heavy (non-hydrogen) atoms. The van der Waals surface area contributed by atoms with Crippen LogP contribution in [0.5, 0.6) is 0 Å². The van der Waals surface area contributed by atoms with Crippen LogP contribution < -0.4 is 10.6 Å². The molecule has 1 aromatic heterocycles. The fourth-order valence-electron chi connectivity index (χ4n) is 2.60. The summed E-state index contributed by atoms with van der Waals surface area (Å²) in [6, 6.07) is 12.3. The van der Waals surface area contributed by atoms with Crippen LogP contribution in [0.3, 0.4) is 0 Å². The van der Waals surface area contributed by atoms with Crippen LogP contribution in [0.2, 0.25) is 0 Å². The summed E-state index contributed by atoms with van der Waals surface area (Å²) in [6.45, 7) is 3.37. The lowest BCUT2D eigenvalue weighted by atomic mass is 10.0. The minimum absolute atomic E-state index is 0.0108. The van der Waals surface area contributed by atoms with Crippen LogP contribution in [0, 0.1) is 5.92 Å². The molecule has 1 unspecified atom stereocenters. The van der Waals surface area contributed by atoms with E-state index in [9.17, 15) is 4.79 Å². The minimum atomic E-state index is 0.0108. The van der Waals surface area contributed by atoms with Crippen LogP contribution in [0.25, 0.3) is 11.1 Å². The summed E-state index contributed by atoms with van der Waals surface area (Å²) in [7, 11) is 0. The molecule has 120 valence electrons. The second-order valence-electron chi connectivity index (χ2n) is 6.22. The van der Waals surface area contributed by atoms with Gasteiger partial charge >= 0.3 is 0 Å². The Labute approximate surface area is 137 Å². The van der Waals surface area contributed by atoms with E-state index in [0.717, 1.165) is 29.2 Å². The molecule has 3 rings (SSSR count). The maximum absolute atomic E-state index is 11.9. The highest BCUT2D eigenvalue weighted by Crippen LogP contribution is 2.27. The van der Waals surface area contributed by atoms with Crippen molar-refractivity contribution in [3.05, 3.63) is 54.4 Å². The number of amides is 1. The predicted molar refractivity (Wildman–Crippen MR) is 91.8 cm³/mol. The van der Waals surface area contributed by atoms with Crippen molar-refractivity contribution in [2.24, 2.45) is 5.92 Å². The highest BCUT2D eigenvalue weighted by molar-refractivity contribution is 5.78. The number of nitrogens with one attached hydrogen (secondary N) is 2. The topological polar surface area (TPSA) is 54.0 Å². The monoisotopic (exact) mass is 309 g/mol. The maximum Gasteiger partial charge on any atom is 0.234 e. The number of hydrogen-bond donors (Lipinski definition) is 2. The Morgan fingerprint density at radius 1 is 1.13 bits per heavy atom. The fourth-order valence-corrected chi connectivity index (χ4v) is 2.60. The molecule has 1 aliphatic carbocycles. The molecule has 1 heterocycles. The van der Waals surface area contributed by atoms with E-state index in [4.69, 9.17) is 0 Å². The number of pyridine rings is 1. The first-order chi connectivity index (χ1) is 11.2. The standard InChI is InChI=1S/C19H23N3O/c1-14(22-19(23)13-21-12-15-2-3-15)16-4-6-17(7-5-16)18-8-10-20-11-9-18/h4-11,14-15,21H,2-3,12-13H2,1H3,(H,22,23). The summed E-state index contributed by atoms with van der Waals surface area (Å²) < 4.78 is 0. The molecule has 0 bridgehead atoms. The number of carbonyl (C=O) groups excluding carboxylic acids is 1. The first-order valence-corrected chi connectivity index (χ1v) is 8.23. The second-order valence-corrected chi connectivity index (χ2v) is 6.22. The molecule has 1 aliphatic rings. The average molecular weight is 309 g/mol. The molecule has 1 atom stereocenters. The summed E-state index contributed by atoms with van der Waals surface area (Å²) in [6.07, 6.45) is 6.19. The fraction of sp³-hybridized carbons (Fsp3) is 0.368. The molecule has 0 aliphatic heterocycles. The highest BCUT2D eigenvalue weighted by atomic mass is 16.1. The molecule has 2 N–H and O–H groups in total. The number of nitrogens with zero attached hydrogens (tertiary/aromatic N) is 1. The molecule has 1 fully saturated rings. The van der Waals surface area contributed by atoms with Gasteiger partial charge in [-0.2, -0.15) is 0 Å². The van der Waals surface area contributed by atoms with Gasteiger partial charge in [-0.3, -0.25) is 9.78 Å². The first kappa shape index (κ1) is 15.7. The van der Waals surface area contributed by atoms with Crippen molar-refractivity contribution in [2.45, 2.75) is 25.8 Å². The van der Waals surface area contributed by atoms with Crippen LogP contribution in [-0.2, 0) is 4.79 Å². The van der Waals surface area contributed by atoms with Crippen molar-refractivity contribution < 1.29 is 4.79 Å². The highest BCUT2D eigenvalue weighted by Gasteiger charge is 2.20. The molecule has 0 spiro atoms. The number of aromatic nitrogens is 1. The minimum Gasteiger partial charge on any atom is -0.348 e. The van der Waals surface area contributed by atoms with Gasteiger partial charge in [0.15, 0.2) is 0 Å².